The number of rotatable bonds is 6. The maximum absolute atomic E-state index is 12.6. The Hall–Kier alpha value is -2.34. The average Bonchev–Trinajstić information content (AvgIpc) is 3.08. The van der Waals surface area contributed by atoms with E-state index in [2.05, 4.69) is 39.9 Å². The number of anilines is 1. The van der Waals surface area contributed by atoms with Gasteiger partial charge >= 0.3 is 5.97 Å². The Morgan fingerprint density at radius 2 is 2.00 bits per heavy atom. The molecular weight excluding hydrogens is 410 g/mol. The van der Waals surface area contributed by atoms with Crippen LogP contribution >= 0.6 is 11.3 Å². The maximum Gasteiger partial charge on any atom is 0.341 e. The lowest BCUT2D eigenvalue weighted by atomic mass is 9.72. The summed E-state index contributed by atoms with van der Waals surface area (Å²) in [6.07, 6.45) is 2.77. The standard InChI is InChI=1S/C25H33NO4S/c1-15(2)16-8-7-9-18(12-16)30-14-21(27)26-23-22(24(28)29-6)19-11-10-17(25(3,4)5)13-20(19)31-23/h7-9,12,15,17H,10-11,13-14H2,1-6H3,(H,26,27). The SMILES string of the molecule is COC(=O)c1c(NC(=O)COc2cccc(C(C)C)c2)sc2c1CCC(C(C)(C)C)C2. The largest absolute Gasteiger partial charge is 0.484 e. The number of benzene rings is 1. The minimum absolute atomic E-state index is 0.116. The Bertz CT molecular complexity index is 955. The van der Waals surface area contributed by atoms with E-state index < -0.39 is 5.97 Å². The van der Waals surface area contributed by atoms with Crippen LogP contribution in [-0.2, 0) is 22.4 Å². The number of hydrogen-bond donors (Lipinski definition) is 1. The molecule has 6 heteroatoms. The highest BCUT2D eigenvalue weighted by Crippen LogP contribution is 2.44. The summed E-state index contributed by atoms with van der Waals surface area (Å²) in [6.45, 7) is 10.9. The molecule has 1 aliphatic rings. The van der Waals surface area contributed by atoms with Gasteiger partial charge in [0.05, 0.1) is 12.7 Å². The number of hydrogen-bond acceptors (Lipinski definition) is 5. The first kappa shape index (κ1) is 23.3. The van der Waals surface area contributed by atoms with E-state index in [1.165, 1.54) is 23.3 Å². The van der Waals surface area contributed by atoms with E-state index in [0.717, 1.165) is 30.4 Å². The Morgan fingerprint density at radius 1 is 1.26 bits per heavy atom. The lowest BCUT2D eigenvalue weighted by Crippen LogP contribution is -2.26. The molecule has 1 heterocycles. The first-order chi connectivity index (χ1) is 14.6. The lowest BCUT2D eigenvalue weighted by Gasteiger charge is -2.33. The summed E-state index contributed by atoms with van der Waals surface area (Å²) in [6, 6.07) is 7.77. The Labute approximate surface area is 189 Å². The third kappa shape index (κ3) is 5.48. The van der Waals surface area contributed by atoms with Crippen LogP contribution in [0.4, 0.5) is 5.00 Å². The van der Waals surface area contributed by atoms with Crippen LogP contribution in [0.1, 0.15) is 73.3 Å². The molecule has 1 aromatic heterocycles. The summed E-state index contributed by atoms with van der Waals surface area (Å²) in [5, 5.41) is 3.46. The molecule has 1 unspecified atom stereocenters. The molecule has 0 spiro atoms. The van der Waals surface area contributed by atoms with Gasteiger partial charge in [-0.1, -0.05) is 46.8 Å². The summed E-state index contributed by atoms with van der Waals surface area (Å²) >= 11 is 1.49. The second-order valence-electron chi connectivity index (χ2n) is 9.57. The van der Waals surface area contributed by atoms with Gasteiger partial charge in [-0.3, -0.25) is 4.79 Å². The number of amides is 1. The molecule has 1 aliphatic carbocycles. The molecule has 0 aliphatic heterocycles. The van der Waals surface area contributed by atoms with E-state index in [1.807, 2.05) is 24.3 Å². The van der Waals surface area contributed by atoms with Gasteiger partial charge in [0.25, 0.3) is 5.91 Å². The molecule has 0 radical (unpaired) electrons. The maximum atomic E-state index is 12.6. The Kier molecular flexibility index (Phi) is 7.10. The number of methoxy groups -OCH3 is 1. The number of thiophene rings is 1. The van der Waals surface area contributed by atoms with Gasteiger partial charge in [-0.2, -0.15) is 0 Å². The minimum Gasteiger partial charge on any atom is -0.484 e. The van der Waals surface area contributed by atoms with Crippen molar-refractivity contribution in [3.8, 4) is 5.75 Å². The molecule has 0 saturated carbocycles. The van der Waals surface area contributed by atoms with Gasteiger partial charge in [0.15, 0.2) is 6.61 Å². The highest BCUT2D eigenvalue weighted by molar-refractivity contribution is 7.17. The van der Waals surface area contributed by atoms with E-state index >= 15 is 0 Å². The fourth-order valence-electron chi connectivity index (χ4n) is 4.01. The van der Waals surface area contributed by atoms with Crippen molar-refractivity contribution < 1.29 is 19.1 Å². The van der Waals surface area contributed by atoms with Crippen LogP contribution in [0.25, 0.3) is 0 Å². The van der Waals surface area contributed by atoms with E-state index in [-0.39, 0.29) is 17.9 Å². The van der Waals surface area contributed by atoms with Crippen LogP contribution in [0, 0.1) is 11.3 Å². The lowest BCUT2D eigenvalue weighted by molar-refractivity contribution is -0.118. The minimum atomic E-state index is -0.396. The fourth-order valence-corrected chi connectivity index (χ4v) is 5.34. The summed E-state index contributed by atoms with van der Waals surface area (Å²) in [4.78, 5) is 26.3. The van der Waals surface area contributed by atoms with Crippen molar-refractivity contribution >= 4 is 28.2 Å². The molecule has 1 N–H and O–H groups in total. The molecule has 2 aromatic rings. The fraction of sp³-hybridized carbons (Fsp3) is 0.520. The van der Waals surface area contributed by atoms with Gasteiger partial charge in [0, 0.05) is 4.88 Å². The van der Waals surface area contributed by atoms with Gasteiger partial charge in [-0.15, -0.1) is 11.3 Å². The predicted octanol–water partition coefficient (Wildman–Crippen LogP) is 5.83. The van der Waals surface area contributed by atoms with Crippen molar-refractivity contribution in [1.29, 1.82) is 0 Å². The predicted molar refractivity (Wildman–Crippen MR) is 125 cm³/mol. The van der Waals surface area contributed by atoms with Crippen molar-refractivity contribution in [2.45, 2.75) is 59.8 Å². The zero-order valence-electron chi connectivity index (χ0n) is 19.3. The van der Waals surface area contributed by atoms with Crippen LogP contribution in [0.15, 0.2) is 24.3 Å². The number of nitrogens with one attached hydrogen (secondary N) is 1. The highest BCUT2D eigenvalue weighted by Gasteiger charge is 2.34. The number of ether oxygens (including phenoxy) is 2. The van der Waals surface area contributed by atoms with Gasteiger partial charge in [0.2, 0.25) is 0 Å². The molecule has 5 nitrogen and oxygen atoms in total. The average molecular weight is 444 g/mol. The van der Waals surface area contributed by atoms with E-state index in [0.29, 0.717) is 28.1 Å². The quantitative estimate of drug-likeness (QED) is 0.571. The number of carbonyl (C=O) groups is 2. The van der Waals surface area contributed by atoms with E-state index in [1.54, 1.807) is 0 Å². The van der Waals surface area contributed by atoms with Crippen molar-refractivity contribution in [3.05, 3.63) is 45.8 Å². The molecule has 168 valence electrons. The molecule has 1 aromatic carbocycles. The summed E-state index contributed by atoms with van der Waals surface area (Å²) < 4.78 is 10.7. The second-order valence-corrected chi connectivity index (χ2v) is 10.7. The smallest absolute Gasteiger partial charge is 0.341 e. The van der Waals surface area contributed by atoms with Gasteiger partial charge in [-0.05, 0) is 59.8 Å². The van der Waals surface area contributed by atoms with Crippen molar-refractivity contribution in [3.63, 3.8) is 0 Å². The summed E-state index contributed by atoms with van der Waals surface area (Å²) in [5.41, 5.74) is 2.89. The number of esters is 1. The Morgan fingerprint density at radius 3 is 2.65 bits per heavy atom. The molecule has 1 amide bonds. The molecule has 0 fully saturated rings. The highest BCUT2D eigenvalue weighted by atomic mass is 32.1. The first-order valence-electron chi connectivity index (χ1n) is 10.9. The van der Waals surface area contributed by atoms with Crippen molar-refractivity contribution in [2.24, 2.45) is 11.3 Å². The summed E-state index contributed by atoms with van der Waals surface area (Å²) in [7, 11) is 1.38. The monoisotopic (exact) mass is 443 g/mol. The molecular formula is C25H33NO4S. The summed E-state index contributed by atoms with van der Waals surface area (Å²) in [5.74, 6) is 0.908. The normalized spacial score (nSPS) is 16.0. The topological polar surface area (TPSA) is 64.6 Å². The van der Waals surface area contributed by atoms with Gasteiger partial charge in [-0.25, -0.2) is 4.79 Å². The molecule has 0 saturated heterocycles. The van der Waals surface area contributed by atoms with Crippen LogP contribution < -0.4 is 10.1 Å². The van der Waals surface area contributed by atoms with Crippen LogP contribution in [0.5, 0.6) is 5.75 Å². The van der Waals surface area contributed by atoms with Crippen molar-refractivity contribution in [1.82, 2.24) is 0 Å². The number of fused-ring (bicyclic) bond motifs is 1. The number of carbonyl (C=O) groups excluding carboxylic acids is 2. The molecule has 3 rings (SSSR count). The zero-order valence-corrected chi connectivity index (χ0v) is 20.2. The zero-order chi connectivity index (χ0) is 22.8. The van der Waals surface area contributed by atoms with E-state index in [9.17, 15) is 9.59 Å². The molecule has 31 heavy (non-hydrogen) atoms. The molecule has 1 atom stereocenters. The third-order valence-electron chi connectivity index (χ3n) is 6.03. The van der Waals surface area contributed by atoms with E-state index in [4.69, 9.17) is 9.47 Å². The van der Waals surface area contributed by atoms with Gasteiger partial charge < -0.3 is 14.8 Å². The molecule has 0 bridgehead atoms. The van der Waals surface area contributed by atoms with Crippen molar-refractivity contribution in [2.75, 3.05) is 19.0 Å². The second kappa shape index (κ2) is 9.43. The van der Waals surface area contributed by atoms with Crippen LogP contribution in [-0.4, -0.2) is 25.6 Å². The third-order valence-corrected chi connectivity index (χ3v) is 7.20. The van der Waals surface area contributed by atoms with Crippen LogP contribution in [0.2, 0.25) is 0 Å². The first-order valence-corrected chi connectivity index (χ1v) is 11.7. The Balaban J connectivity index is 1.75. The van der Waals surface area contributed by atoms with Gasteiger partial charge in [0.1, 0.15) is 10.8 Å². The van der Waals surface area contributed by atoms with Crippen LogP contribution in [0.3, 0.4) is 0 Å².